The quantitative estimate of drug-likeness (QED) is 0.797. The molecular formula is C10H11N3O2. The van der Waals surface area contributed by atoms with Gasteiger partial charge in [0.1, 0.15) is 0 Å². The summed E-state index contributed by atoms with van der Waals surface area (Å²) in [6.07, 6.45) is 0. The van der Waals surface area contributed by atoms with Crippen LogP contribution in [-0.2, 0) is 0 Å². The molecule has 0 radical (unpaired) electrons. The van der Waals surface area contributed by atoms with E-state index < -0.39 is 5.76 Å². The Hall–Kier alpha value is -2.04. The van der Waals surface area contributed by atoms with Gasteiger partial charge in [0.05, 0.1) is 0 Å². The minimum atomic E-state index is -0.541. The van der Waals surface area contributed by atoms with Crippen LogP contribution in [0.4, 0.5) is 5.69 Å². The molecule has 0 saturated heterocycles. The van der Waals surface area contributed by atoms with Crippen molar-refractivity contribution >= 4 is 5.69 Å². The van der Waals surface area contributed by atoms with Gasteiger partial charge in [0, 0.05) is 25.3 Å². The molecule has 1 heterocycles. The number of aromatic nitrogens is 2. The van der Waals surface area contributed by atoms with Crippen LogP contribution in [0.25, 0.3) is 11.5 Å². The topological polar surface area (TPSA) is 62.1 Å². The highest BCUT2D eigenvalue weighted by Gasteiger charge is 2.05. The van der Waals surface area contributed by atoms with Gasteiger partial charge in [0.15, 0.2) is 0 Å². The van der Waals surface area contributed by atoms with Gasteiger partial charge in [-0.3, -0.25) is 0 Å². The molecular weight excluding hydrogens is 194 g/mol. The predicted octanol–water partition coefficient (Wildman–Crippen LogP) is 1.10. The van der Waals surface area contributed by atoms with Crippen molar-refractivity contribution in [2.45, 2.75) is 0 Å². The second-order valence-corrected chi connectivity index (χ2v) is 3.36. The minimum Gasteiger partial charge on any atom is -0.388 e. The molecule has 1 N–H and O–H groups in total. The third-order valence-electron chi connectivity index (χ3n) is 2.05. The maximum Gasteiger partial charge on any atom is 0.434 e. The van der Waals surface area contributed by atoms with Crippen LogP contribution in [0.2, 0.25) is 0 Å². The molecule has 2 aromatic rings. The fourth-order valence-electron chi connectivity index (χ4n) is 1.27. The normalized spacial score (nSPS) is 10.3. The van der Waals surface area contributed by atoms with Crippen LogP contribution in [0.15, 0.2) is 33.5 Å². The van der Waals surface area contributed by atoms with Crippen molar-refractivity contribution < 1.29 is 4.42 Å². The van der Waals surface area contributed by atoms with Crippen molar-refractivity contribution in [3.05, 3.63) is 34.8 Å². The third kappa shape index (κ3) is 1.90. The molecule has 0 atom stereocenters. The molecule has 0 amide bonds. The van der Waals surface area contributed by atoms with E-state index >= 15 is 0 Å². The number of H-pyrrole nitrogens is 1. The van der Waals surface area contributed by atoms with Gasteiger partial charge in [-0.15, -0.1) is 5.10 Å². The molecule has 5 heteroatoms. The number of aromatic amines is 1. The standard InChI is InChI=1S/C10H11N3O2/c1-13(2)8-5-3-4-7(6-8)9-11-12-10(14)15-9/h3-6H,1-2H3,(H,12,14). The van der Waals surface area contributed by atoms with E-state index in [1.807, 2.05) is 43.3 Å². The van der Waals surface area contributed by atoms with Gasteiger partial charge in [-0.25, -0.2) is 9.89 Å². The molecule has 0 aliphatic carbocycles. The second-order valence-electron chi connectivity index (χ2n) is 3.36. The molecule has 0 saturated carbocycles. The smallest absolute Gasteiger partial charge is 0.388 e. The Morgan fingerprint density at radius 3 is 2.80 bits per heavy atom. The van der Waals surface area contributed by atoms with E-state index in [2.05, 4.69) is 10.2 Å². The van der Waals surface area contributed by atoms with Gasteiger partial charge in [-0.2, -0.15) is 0 Å². The van der Waals surface area contributed by atoms with Crippen molar-refractivity contribution in [2.24, 2.45) is 0 Å². The SMILES string of the molecule is CN(C)c1cccc(-c2n[nH]c(=O)o2)c1. The van der Waals surface area contributed by atoms with Crippen LogP contribution in [0.5, 0.6) is 0 Å². The molecule has 0 bridgehead atoms. The van der Waals surface area contributed by atoms with Crippen molar-refractivity contribution in [3.8, 4) is 11.5 Å². The molecule has 0 aliphatic rings. The van der Waals surface area contributed by atoms with Crippen LogP contribution in [0, 0.1) is 0 Å². The van der Waals surface area contributed by atoms with Gasteiger partial charge in [0.25, 0.3) is 0 Å². The highest BCUT2D eigenvalue weighted by atomic mass is 16.4. The number of nitrogens with zero attached hydrogens (tertiary/aromatic N) is 2. The Morgan fingerprint density at radius 2 is 2.20 bits per heavy atom. The Morgan fingerprint density at radius 1 is 1.40 bits per heavy atom. The van der Waals surface area contributed by atoms with E-state index in [9.17, 15) is 4.79 Å². The van der Waals surface area contributed by atoms with Crippen LogP contribution in [-0.4, -0.2) is 24.3 Å². The summed E-state index contributed by atoms with van der Waals surface area (Å²) in [6.45, 7) is 0. The largest absolute Gasteiger partial charge is 0.434 e. The Labute approximate surface area is 86.3 Å². The molecule has 0 aliphatic heterocycles. The molecule has 1 aromatic carbocycles. The highest BCUT2D eigenvalue weighted by Crippen LogP contribution is 2.20. The average molecular weight is 205 g/mol. The molecule has 0 unspecified atom stereocenters. The zero-order valence-electron chi connectivity index (χ0n) is 8.52. The predicted molar refractivity (Wildman–Crippen MR) is 56.9 cm³/mol. The fourth-order valence-corrected chi connectivity index (χ4v) is 1.27. The first kappa shape index (κ1) is 9.51. The summed E-state index contributed by atoms with van der Waals surface area (Å²) >= 11 is 0. The molecule has 5 nitrogen and oxygen atoms in total. The molecule has 1 aromatic heterocycles. The van der Waals surface area contributed by atoms with Crippen LogP contribution in [0.1, 0.15) is 0 Å². The first-order valence-corrected chi connectivity index (χ1v) is 4.50. The third-order valence-corrected chi connectivity index (χ3v) is 2.05. The summed E-state index contributed by atoms with van der Waals surface area (Å²) in [5.41, 5.74) is 1.80. The number of rotatable bonds is 2. The maximum atomic E-state index is 10.8. The van der Waals surface area contributed by atoms with E-state index in [-0.39, 0.29) is 0 Å². The van der Waals surface area contributed by atoms with Crippen molar-refractivity contribution in [2.75, 3.05) is 19.0 Å². The molecule has 2 rings (SSSR count). The van der Waals surface area contributed by atoms with Gasteiger partial charge in [0.2, 0.25) is 5.89 Å². The Balaban J connectivity index is 2.45. The average Bonchev–Trinajstić information content (AvgIpc) is 2.65. The molecule has 15 heavy (non-hydrogen) atoms. The van der Waals surface area contributed by atoms with Crippen molar-refractivity contribution in [3.63, 3.8) is 0 Å². The Kier molecular flexibility index (Phi) is 2.29. The van der Waals surface area contributed by atoms with Crippen molar-refractivity contribution in [1.29, 1.82) is 0 Å². The van der Waals surface area contributed by atoms with E-state index in [1.165, 1.54) is 0 Å². The number of hydrogen-bond donors (Lipinski definition) is 1. The van der Waals surface area contributed by atoms with Crippen LogP contribution in [0.3, 0.4) is 0 Å². The molecule has 0 fully saturated rings. The summed E-state index contributed by atoms with van der Waals surface area (Å²) in [4.78, 5) is 12.8. The van der Waals surface area contributed by atoms with E-state index in [0.717, 1.165) is 11.3 Å². The van der Waals surface area contributed by atoms with E-state index in [0.29, 0.717) is 5.89 Å². The molecule has 0 spiro atoms. The lowest BCUT2D eigenvalue weighted by Crippen LogP contribution is -2.08. The number of nitrogens with one attached hydrogen (secondary N) is 1. The van der Waals surface area contributed by atoms with Gasteiger partial charge >= 0.3 is 5.76 Å². The van der Waals surface area contributed by atoms with Gasteiger partial charge in [-0.1, -0.05) is 6.07 Å². The summed E-state index contributed by atoms with van der Waals surface area (Å²) in [7, 11) is 3.89. The van der Waals surface area contributed by atoms with Crippen LogP contribution >= 0.6 is 0 Å². The van der Waals surface area contributed by atoms with Crippen LogP contribution < -0.4 is 10.7 Å². The summed E-state index contributed by atoms with van der Waals surface area (Å²) < 4.78 is 4.86. The van der Waals surface area contributed by atoms with E-state index in [1.54, 1.807) is 0 Å². The highest BCUT2D eigenvalue weighted by molar-refractivity contribution is 5.61. The van der Waals surface area contributed by atoms with Gasteiger partial charge in [-0.05, 0) is 18.2 Å². The summed E-state index contributed by atoms with van der Waals surface area (Å²) in [5, 5.41) is 5.99. The zero-order valence-corrected chi connectivity index (χ0v) is 8.52. The van der Waals surface area contributed by atoms with E-state index in [4.69, 9.17) is 4.42 Å². The molecule has 78 valence electrons. The zero-order chi connectivity index (χ0) is 10.8. The first-order valence-electron chi connectivity index (χ1n) is 4.50. The minimum absolute atomic E-state index is 0.309. The number of anilines is 1. The number of benzene rings is 1. The second kappa shape index (κ2) is 3.61. The lowest BCUT2D eigenvalue weighted by molar-refractivity contribution is 0.527. The monoisotopic (exact) mass is 205 g/mol. The van der Waals surface area contributed by atoms with Gasteiger partial charge < -0.3 is 9.32 Å². The first-order chi connectivity index (χ1) is 7.16. The number of hydrogen-bond acceptors (Lipinski definition) is 4. The fraction of sp³-hybridized carbons (Fsp3) is 0.200. The lowest BCUT2D eigenvalue weighted by Gasteiger charge is -2.12. The lowest BCUT2D eigenvalue weighted by atomic mass is 10.2. The summed E-state index contributed by atoms with van der Waals surface area (Å²) in [5.74, 6) is -0.232. The maximum absolute atomic E-state index is 10.8. The van der Waals surface area contributed by atoms with Crippen molar-refractivity contribution in [1.82, 2.24) is 10.2 Å². The summed E-state index contributed by atoms with van der Waals surface area (Å²) in [6, 6.07) is 7.60. The Bertz CT molecular complexity index is 513.